The number of hydrazine groups is 1. The van der Waals surface area contributed by atoms with Crippen LogP contribution in [0.15, 0.2) is 78.9 Å². The lowest BCUT2D eigenvalue weighted by Crippen LogP contribution is -2.43. The summed E-state index contributed by atoms with van der Waals surface area (Å²) in [6, 6.07) is 22.5. The zero-order chi connectivity index (χ0) is 21.8. The molecule has 1 aliphatic heterocycles. The number of nitrogens with zero attached hydrogens (tertiary/aromatic N) is 1. The number of nitrogens with one attached hydrogen (secondary N) is 2. The molecule has 1 fully saturated rings. The van der Waals surface area contributed by atoms with E-state index >= 15 is 0 Å². The van der Waals surface area contributed by atoms with Gasteiger partial charge in [0.2, 0.25) is 0 Å². The number of rotatable bonds is 6. The summed E-state index contributed by atoms with van der Waals surface area (Å²) < 4.78 is 10.8. The number of carbonyl (C=O) groups excluding carboxylic acids is 2. The summed E-state index contributed by atoms with van der Waals surface area (Å²) in [5, 5.41) is 4.66. The van der Waals surface area contributed by atoms with Crippen LogP contribution in [0, 0.1) is 0 Å². The van der Waals surface area contributed by atoms with Gasteiger partial charge in [0.15, 0.2) is 11.5 Å². The number of amides is 2. The summed E-state index contributed by atoms with van der Waals surface area (Å²) in [5.74, 6) is 0.509. The molecule has 7 heteroatoms. The molecule has 3 aromatic carbocycles. The van der Waals surface area contributed by atoms with E-state index in [-0.39, 0.29) is 11.8 Å². The minimum atomic E-state index is -0.814. The van der Waals surface area contributed by atoms with Crippen LogP contribution in [0.3, 0.4) is 0 Å². The minimum Gasteiger partial charge on any atom is -0.493 e. The molecule has 31 heavy (non-hydrogen) atoms. The maximum atomic E-state index is 13.0. The van der Waals surface area contributed by atoms with Crippen LogP contribution in [-0.2, 0) is 4.79 Å². The second-order valence-electron chi connectivity index (χ2n) is 7.06. The summed E-state index contributed by atoms with van der Waals surface area (Å²) in [7, 11) is 3.13. The van der Waals surface area contributed by atoms with Crippen molar-refractivity contribution in [1.29, 1.82) is 0 Å². The van der Waals surface area contributed by atoms with E-state index in [0.717, 1.165) is 11.3 Å². The van der Waals surface area contributed by atoms with Gasteiger partial charge in [-0.3, -0.25) is 20.0 Å². The first-order valence-corrected chi connectivity index (χ1v) is 9.85. The summed E-state index contributed by atoms with van der Waals surface area (Å²) in [6.07, 6.45) is 0. The Morgan fingerprint density at radius 1 is 0.903 bits per heavy atom. The van der Waals surface area contributed by atoms with Crippen LogP contribution in [0.5, 0.6) is 11.5 Å². The van der Waals surface area contributed by atoms with Gasteiger partial charge in [-0.1, -0.05) is 42.5 Å². The standard InChI is InChI=1S/C24H23N3O4/c1-30-19-14-13-17(15-20(19)31-2)22-21(25-23(28)16-9-5-3-6-10-16)24(29)26-27(22)18-11-7-4-8-12-18/h3-15,21-22H,1-2H3,(H,25,28)(H,26,29)/t21-,22-/m1/s1. The molecule has 1 heterocycles. The van der Waals surface area contributed by atoms with Crippen LogP contribution in [0.1, 0.15) is 22.0 Å². The third-order valence-corrected chi connectivity index (χ3v) is 5.21. The van der Waals surface area contributed by atoms with Crippen molar-refractivity contribution < 1.29 is 19.1 Å². The fraction of sp³-hybridized carbons (Fsp3) is 0.167. The van der Waals surface area contributed by atoms with Crippen LogP contribution in [0.2, 0.25) is 0 Å². The molecular weight excluding hydrogens is 394 g/mol. The van der Waals surface area contributed by atoms with Gasteiger partial charge in [0.05, 0.1) is 19.9 Å². The quantitative estimate of drug-likeness (QED) is 0.644. The van der Waals surface area contributed by atoms with Gasteiger partial charge < -0.3 is 14.8 Å². The smallest absolute Gasteiger partial charge is 0.263 e. The molecule has 0 spiro atoms. The first kappa shape index (κ1) is 20.3. The molecule has 1 aliphatic rings. The third-order valence-electron chi connectivity index (χ3n) is 5.21. The fourth-order valence-corrected chi connectivity index (χ4v) is 3.70. The van der Waals surface area contributed by atoms with Gasteiger partial charge in [-0.05, 0) is 42.0 Å². The number of benzene rings is 3. The lowest BCUT2D eigenvalue weighted by Gasteiger charge is -2.28. The number of para-hydroxylation sites is 1. The SMILES string of the molecule is COc1ccc([C@@H]2[C@@H](NC(=O)c3ccccc3)C(=O)NN2c2ccccc2)cc1OC. The minimum absolute atomic E-state index is 0.298. The van der Waals surface area contributed by atoms with Gasteiger partial charge in [-0.15, -0.1) is 0 Å². The van der Waals surface area contributed by atoms with Crippen molar-refractivity contribution in [1.82, 2.24) is 10.7 Å². The van der Waals surface area contributed by atoms with Gasteiger partial charge in [0.1, 0.15) is 12.1 Å². The van der Waals surface area contributed by atoms with Crippen LogP contribution in [-0.4, -0.2) is 32.1 Å². The second-order valence-corrected chi connectivity index (χ2v) is 7.06. The highest BCUT2D eigenvalue weighted by molar-refractivity contribution is 5.99. The number of methoxy groups -OCH3 is 2. The number of hydrogen-bond donors (Lipinski definition) is 2. The zero-order valence-electron chi connectivity index (χ0n) is 17.2. The van der Waals surface area contributed by atoms with Gasteiger partial charge in [-0.2, -0.15) is 0 Å². The van der Waals surface area contributed by atoms with Crippen molar-refractivity contribution in [3.8, 4) is 11.5 Å². The topological polar surface area (TPSA) is 79.9 Å². The van der Waals surface area contributed by atoms with Gasteiger partial charge in [0, 0.05) is 5.56 Å². The zero-order valence-corrected chi connectivity index (χ0v) is 17.2. The molecule has 1 saturated heterocycles. The fourth-order valence-electron chi connectivity index (χ4n) is 3.70. The van der Waals surface area contributed by atoms with Crippen molar-refractivity contribution in [2.24, 2.45) is 0 Å². The first-order chi connectivity index (χ1) is 15.1. The van der Waals surface area contributed by atoms with Crippen LogP contribution in [0.25, 0.3) is 0 Å². The van der Waals surface area contributed by atoms with Gasteiger partial charge in [0.25, 0.3) is 11.8 Å². The third kappa shape index (κ3) is 4.02. The summed E-state index contributed by atoms with van der Waals surface area (Å²) in [5.41, 5.74) is 4.97. The second kappa shape index (κ2) is 8.79. The predicted molar refractivity (Wildman–Crippen MR) is 117 cm³/mol. The van der Waals surface area contributed by atoms with Crippen molar-refractivity contribution in [2.45, 2.75) is 12.1 Å². The van der Waals surface area contributed by atoms with E-state index in [1.165, 1.54) is 0 Å². The van der Waals surface area contributed by atoms with Crippen molar-refractivity contribution in [3.05, 3.63) is 90.0 Å². The Hall–Kier alpha value is -4.00. The highest BCUT2D eigenvalue weighted by atomic mass is 16.5. The monoisotopic (exact) mass is 417 g/mol. The molecule has 0 radical (unpaired) electrons. The molecule has 3 aromatic rings. The molecule has 0 bridgehead atoms. The molecule has 2 N–H and O–H groups in total. The summed E-state index contributed by atoms with van der Waals surface area (Å²) >= 11 is 0. The highest BCUT2D eigenvalue weighted by Gasteiger charge is 2.43. The normalized spacial score (nSPS) is 17.7. The number of carbonyl (C=O) groups is 2. The Bertz CT molecular complexity index is 1070. The molecule has 158 valence electrons. The number of ether oxygens (including phenoxy) is 2. The van der Waals surface area contributed by atoms with E-state index in [4.69, 9.17) is 9.47 Å². The van der Waals surface area contributed by atoms with E-state index in [1.54, 1.807) is 49.6 Å². The largest absolute Gasteiger partial charge is 0.493 e. The number of hydrogen-bond acceptors (Lipinski definition) is 5. The van der Waals surface area contributed by atoms with Gasteiger partial charge in [-0.25, -0.2) is 0 Å². The maximum absolute atomic E-state index is 13.0. The average molecular weight is 417 g/mol. The van der Waals surface area contributed by atoms with Crippen molar-refractivity contribution in [2.75, 3.05) is 19.2 Å². The van der Waals surface area contributed by atoms with E-state index < -0.39 is 12.1 Å². The van der Waals surface area contributed by atoms with Crippen molar-refractivity contribution in [3.63, 3.8) is 0 Å². The molecule has 0 aromatic heterocycles. The number of anilines is 1. The van der Waals surface area contributed by atoms with Crippen LogP contribution in [0.4, 0.5) is 5.69 Å². The molecule has 7 nitrogen and oxygen atoms in total. The lowest BCUT2D eigenvalue weighted by molar-refractivity contribution is -0.120. The average Bonchev–Trinajstić information content (AvgIpc) is 3.15. The first-order valence-electron chi connectivity index (χ1n) is 9.85. The Balaban J connectivity index is 1.74. The molecule has 4 rings (SSSR count). The van der Waals surface area contributed by atoms with Crippen LogP contribution < -0.4 is 25.2 Å². The Labute approximate surface area is 180 Å². The molecule has 0 unspecified atom stereocenters. The van der Waals surface area contributed by atoms with Crippen molar-refractivity contribution >= 4 is 17.5 Å². The molecule has 2 atom stereocenters. The summed E-state index contributed by atoms with van der Waals surface area (Å²) in [4.78, 5) is 25.8. The van der Waals surface area contributed by atoms with Crippen LogP contribution >= 0.6 is 0 Å². The molecular formula is C24H23N3O4. The lowest BCUT2D eigenvalue weighted by atomic mass is 9.98. The van der Waals surface area contributed by atoms with E-state index in [2.05, 4.69) is 10.7 Å². The Morgan fingerprint density at radius 3 is 2.19 bits per heavy atom. The van der Waals surface area contributed by atoms with E-state index in [1.807, 2.05) is 48.5 Å². The molecule has 2 amide bonds. The maximum Gasteiger partial charge on any atom is 0.263 e. The Kier molecular flexibility index (Phi) is 5.75. The summed E-state index contributed by atoms with van der Waals surface area (Å²) in [6.45, 7) is 0. The molecule has 0 saturated carbocycles. The highest BCUT2D eigenvalue weighted by Crippen LogP contribution is 2.37. The van der Waals surface area contributed by atoms with E-state index in [0.29, 0.717) is 17.1 Å². The van der Waals surface area contributed by atoms with E-state index in [9.17, 15) is 9.59 Å². The van der Waals surface area contributed by atoms with Gasteiger partial charge >= 0.3 is 0 Å². The molecule has 0 aliphatic carbocycles. The Morgan fingerprint density at radius 2 is 1.55 bits per heavy atom. The predicted octanol–water partition coefficient (Wildman–Crippen LogP) is 3.09.